The summed E-state index contributed by atoms with van der Waals surface area (Å²) >= 11 is 1.46. The maximum atomic E-state index is 6.81. The Morgan fingerprint density at radius 3 is 2.71 bits per heavy atom. The van der Waals surface area contributed by atoms with Gasteiger partial charge in [-0.3, -0.25) is 5.41 Å². The third-order valence-electron chi connectivity index (χ3n) is 0.503. The van der Waals surface area contributed by atoms with E-state index in [-0.39, 0.29) is 12.4 Å². The van der Waals surface area contributed by atoms with E-state index < -0.39 is 0 Å². The Kier molecular flexibility index (Phi) is 3.04. The number of nitrogens with one attached hydrogen (secondary N) is 1. The lowest BCUT2D eigenvalue weighted by molar-refractivity contribution is 1.51. The van der Waals surface area contributed by atoms with Crippen molar-refractivity contribution in [3.8, 4) is 0 Å². The highest BCUT2D eigenvalue weighted by molar-refractivity contribution is 8.14. The van der Waals surface area contributed by atoms with Crippen molar-refractivity contribution >= 4 is 35.6 Å². The number of halogens is 1. The Bertz CT molecular complexity index is 101. The molecule has 1 N–H and O–H groups in total. The molecule has 0 bridgehead atoms. The molecule has 7 heavy (non-hydrogen) atoms. The summed E-state index contributed by atoms with van der Waals surface area (Å²) in [6.45, 7) is 0. The number of hydrogen-bond donors (Lipinski definition) is 1. The second kappa shape index (κ2) is 3.04. The molecule has 1 rings (SSSR count). The Morgan fingerprint density at radius 2 is 2.57 bits per heavy atom. The Labute approximate surface area is 52.3 Å². The van der Waals surface area contributed by atoms with E-state index in [1.807, 2.05) is 0 Å². The van der Waals surface area contributed by atoms with Crippen molar-refractivity contribution in [3.63, 3.8) is 0 Å². The van der Waals surface area contributed by atoms with Gasteiger partial charge in [0.2, 0.25) is 0 Å². The second-order valence-corrected chi connectivity index (χ2v) is 1.94. The van der Waals surface area contributed by atoms with Gasteiger partial charge in [0, 0.05) is 12.0 Å². The molecule has 40 valence electrons. The average Bonchev–Trinajstić information content (AvgIpc) is 1.86. The molecule has 4 heteroatoms. The topological polar surface area (TPSA) is 36.2 Å². The number of thioether (sulfide) groups is 1. The molecule has 2 nitrogen and oxygen atoms in total. The normalized spacial score (nSPS) is 16.9. The molecule has 1 aliphatic heterocycles. The lowest BCUT2D eigenvalue weighted by atomic mass is 10.9. The van der Waals surface area contributed by atoms with Crippen molar-refractivity contribution in [2.75, 3.05) is 5.75 Å². The van der Waals surface area contributed by atoms with Crippen LogP contribution >= 0.6 is 24.2 Å². The molecule has 1 heterocycles. The number of aliphatic imine (C=N–C) groups is 1. The van der Waals surface area contributed by atoms with Gasteiger partial charge in [0.1, 0.15) is 0 Å². The van der Waals surface area contributed by atoms with Crippen LogP contribution in [0.2, 0.25) is 0 Å². The Morgan fingerprint density at radius 1 is 1.86 bits per heavy atom. The number of amidine groups is 1. The van der Waals surface area contributed by atoms with Crippen molar-refractivity contribution < 1.29 is 0 Å². The molecule has 0 saturated heterocycles. The molecule has 0 amide bonds. The quantitative estimate of drug-likeness (QED) is 0.533. The minimum Gasteiger partial charge on any atom is -0.277 e. The van der Waals surface area contributed by atoms with E-state index in [0.29, 0.717) is 5.17 Å². The van der Waals surface area contributed by atoms with Crippen LogP contribution in [0.5, 0.6) is 0 Å². The lowest BCUT2D eigenvalue weighted by Crippen LogP contribution is -1.69. The van der Waals surface area contributed by atoms with E-state index in [1.54, 1.807) is 6.21 Å². The summed E-state index contributed by atoms with van der Waals surface area (Å²) in [4.78, 5) is 3.66. The number of hydrogen-bond acceptors (Lipinski definition) is 2. The van der Waals surface area contributed by atoms with Crippen LogP contribution in [0, 0.1) is 5.41 Å². The largest absolute Gasteiger partial charge is 0.277 e. The van der Waals surface area contributed by atoms with Crippen molar-refractivity contribution in [1.29, 1.82) is 5.41 Å². The van der Waals surface area contributed by atoms with E-state index in [4.69, 9.17) is 5.41 Å². The van der Waals surface area contributed by atoms with Gasteiger partial charge in [-0.05, 0) is 0 Å². The molecule has 0 saturated carbocycles. The van der Waals surface area contributed by atoms with Gasteiger partial charge >= 0.3 is 0 Å². The molecule has 0 radical (unpaired) electrons. The third-order valence-corrected chi connectivity index (χ3v) is 1.20. The number of nitrogens with zero attached hydrogens (tertiary/aromatic N) is 1. The van der Waals surface area contributed by atoms with Gasteiger partial charge in [0.05, 0.1) is 0 Å². The summed E-state index contributed by atoms with van der Waals surface area (Å²) in [5.41, 5.74) is 0. The third kappa shape index (κ3) is 1.94. The Balaban J connectivity index is 0.000000360. The predicted octanol–water partition coefficient (Wildman–Crippen LogP) is 1.16. The van der Waals surface area contributed by atoms with E-state index in [9.17, 15) is 0 Å². The molecule has 1 aliphatic rings. The smallest absolute Gasteiger partial charge is 0.180 e. The zero-order chi connectivity index (χ0) is 4.41. The molecule has 0 aliphatic carbocycles. The van der Waals surface area contributed by atoms with Crippen LogP contribution < -0.4 is 0 Å². The van der Waals surface area contributed by atoms with E-state index in [0.717, 1.165) is 5.75 Å². The van der Waals surface area contributed by atoms with E-state index in [2.05, 4.69) is 4.99 Å². The van der Waals surface area contributed by atoms with Crippen LogP contribution in [0.4, 0.5) is 0 Å². The summed E-state index contributed by atoms with van der Waals surface area (Å²) in [5.74, 6) is 0.888. The minimum atomic E-state index is 0. The van der Waals surface area contributed by atoms with Crippen LogP contribution in [0.1, 0.15) is 0 Å². The average molecular weight is 137 g/mol. The molecule has 0 aromatic heterocycles. The summed E-state index contributed by atoms with van der Waals surface area (Å²) in [7, 11) is 0. The molecular formula is C3H5ClN2S. The fourth-order valence-corrected chi connectivity index (χ4v) is 0.730. The van der Waals surface area contributed by atoms with E-state index in [1.165, 1.54) is 11.8 Å². The summed E-state index contributed by atoms with van der Waals surface area (Å²) in [6.07, 6.45) is 1.74. The van der Waals surface area contributed by atoms with Gasteiger partial charge in [0.15, 0.2) is 5.17 Å². The standard InChI is InChI=1S/C3H4N2S.ClH/c4-3-5-1-2-6-3;/h1,4H,2H2;1H. The van der Waals surface area contributed by atoms with Crippen LogP contribution in [0.25, 0.3) is 0 Å². The summed E-state index contributed by atoms with van der Waals surface area (Å²) < 4.78 is 0. The molecular weight excluding hydrogens is 132 g/mol. The van der Waals surface area contributed by atoms with Crippen molar-refractivity contribution in [2.24, 2.45) is 4.99 Å². The maximum absolute atomic E-state index is 6.81. The first-order chi connectivity index (χ1) is 2.89. The van der Waals surface area contributed by atoms with Crippen LogP contribution in [0.3, 0.4) is 0 Å². The Hall–Kier alpha value is -0.0200. The highest BCUT2D eigenvalue weighted by Crippen LogP contribution is 2.05. The van der Waals surface area contributed by atoms with Gasteiger partial charge in [-0.2, -0.15) is 0 Å². The zero-order valence-corrected chi connectivity index (χ0v) is 5.18. The van der Waals surface area contributed by atoms with Gasteiger partial charge in [-0.15, -0.1) is 12.4 Å². The monoisotopic (exact) mass is 136 g/mol. The maximum Gasteiger partial charge on any atom is 0.180 e. The van der Waals surface area contributed by atoms with Gasteiger partial charge in [-0.1, -0.05) is 11.8 Å². The first-order valence-electron chi connectivity index (χ1n) is 1.63. The molecule has 0 spiro atoms. The highest BCUT2D eigenvalue weighted by Gasteiger charge is 1.96. The van der Waals surface area contributed by atoms with Crippen LogP contribution in [-0.4, -0.2) is 17.1 Å². The molecule has 0 unspecified atom stereocenters. The first kappa shape index (κ1) is 6.98. The fourth-order valence-electron chi connectivity index (χ4n) is 0.274. The lowest BCUT2D eigenvalue weighted by Gasteiger charge is -1.74. The van der Waals surface area contributed by atoms with Crippen LogP contribution in [-0.2, 0) is 0 Å². The van der Waals surface area contributed by atoms with Crippen LogP contribution in [0.15, 0.2) is 4.99 Å². The first-order valence-corrected chi connectivity index (χ1v) is 2.62. The minimum absolute atomic E-state index is 0. The summed E-state index contributed by atoms with van der Waals surface area (Å²) in [5, 5.41) is 7.25. The molecule has 0 aromatic rings. The predicted molar refractivity (Wildman–Crippen MR) is 35.9 cm³/mol. The van der Waals surface area contributed by atoms with Gasteiger partial charge in [0.25, 0.3) is 0 Å². The highest BCUT2D eigenvalue weighted by atomic mass is 35.5. The van der Waals surface area contributed by atoms with Gasteiger partial charge in [-0.25, -0.2) is 4.99 Å². The summed E-state index contributed by atoms with van der Waals surface area (Å²) in [6, 6.07) is 0. The number of rotatable bonds is 0. The van der Waals surface area contributed by atoms with E-state index >= 15 is 0 Å². The van der Waals surface area contributed by atoms with Crippen molar-refractivity contribution in [2.45, 2.75) is 0 Å². The fraction of sp³-hybridized carbons (Fsp3) is 0.333. The molecule has 0 atom stereocenters. The van der Waals surface area contributed by atoms with Crippen molar-refractivity contribution in [3.05, 3.63) is 0 Å². The zero-order valence-electron chi connectivity index (χ0n) is 3.55. The van der Waals surface area contributed by atoms with Gasteiger partial charge < -0.3 is 0 Å². The molecule has 0 fully saturated rings. The van der Waals surface area contributed by atoms with Crippen molar-refractivity contribution in [1.82, 2.24) is 0 Å². The SMILES string of the molecule is Cl.N=C1N=CCS1. The molecule has 0 aromatic carbocycles. The second-order valence-electron chi connectivity index (χ2n) is 0.928.